The average molecular weight is 576 g/mol. The molecule has 1 aliphatic rings. The van der Waals surface area contributed by atoms with E-state index < -0.39 is 38.4 Å². The molecule has 1 heterocycles. The molecule has 2 aromatic carbocycles. The topological polar surface area (TPSA) is 104 Å². The van der Waals surface area contributed by atoms with Gasteiger partial charge in [-0.25, -0.2) is 23.0 Å². The largest absolute Gasteiger partial charge is 0.462 e. The van der Waals surface area contributed by atoms with Crippen LogP contribution in [-0.4, -0.2) is 30.8 Å². The number of hydrogen-bond acceptors (Lipinski definition) is 5. The molecule has 3 aromatic rings. The lowest BCUT2D eigenvalue weighted by molar-refractivity contribution is -0.141. The van der Waals surface area contributed by atoms with Crippen LogP contribution in [0, 0.1) is 25.7 Å². The first kappa shape index (κ1) is 29.5. The average Bonchev–Trinajstić information content (AvgIpc) is 3.33. The van der Waals surface area contributed by atoms with Gasteiger partial charge >= 0.3 is 12.1 Å². The molecule has 1 saturated carbocycles. The van der Waals surface area contributed by atoms with E-state index in [-0.39, 0.29) is 23.8 Å². The van der Waals surface area contributed by atoms with Crippen LogP contribution >= 0.6 is 0 Å². The lowest BCUT2D eigenvalue weighted by Crippen LogP contribution is -2.23. The number of ether oxygens (including phenoxy) is 1. The van der Waals surface area contributed by atoms with Gasteiger partial charge in [0.15, 0.2) is 5.69 Å². The van der Waals surface area contributed by atoms with E-state index in [4.69, 9.17) is 9.88 Å². The van der Waals surface area contributed by atoms with Crippen LogP contribution in [0.25, 0.3) is 16.9 Å². The number of para-hydroxylation sites is 1. The molecule has 1 aromatic heterocycles. The van der Waals surface area contributed by atoms with Crippen molar-refractivity contribution >= 4 is 16.0 Å². The van der Waals surface area contributed by atoms with Crippen LogP contribution in [0.15, 0.2) is 59.5 Å². The second kappa shape index (κ2) is 11.2. The number of nitrogens with two attached hydrogens (primary N) is 1. The van der Waals surface area contributed by atoms with E-state index in [0.717, 1.165) is 53.6 Å². The molecule has 2 N–H and O–H groups in total. The van der Waals surface area contributed by atoms with Crippen molar-refractivity contribution in [2.45, 2.75) is 57.5 Å². The van der Waals surface area contributed by atoms with Crippen molar-refractivity contribution in [2.24, 2.45) is 17.0 Å². The fraction of sp³-hybridized carbons (Fsp3) is 0.379. The maximum atomic E-state index is 13.9. The summed E-state index contributed by atoms with van der Waals surface area (Å²) < 4.78 is 73.3. The van der Waals surface area contributed by atoms with Crippen LogP contribution in [0.4, 0.5) is 13.2 Å². The van der Waals surface area contributed by atoms with Crippen molar-refractivity contribution in [3.05, 3.63) is 77.0 Å². The number of esters is 1. The summed E-state index contributed by atoms with van der Waals surface area (Å²) in [6.45, 7) is 9.60. The van der Waals surface area contributed by atoms with Crippen LogP contribution in [0.1, 0.15) is 59.8 Å². The van der Waals surface area contributed by atoms with E-state index in [1.54, 1.807) is 32.0 Å². The molecule has 40 heavy (non-hydrogen) atoms. The number of hydrogen-bond donors (Lipinski definition) is 1. The van der Waals surface area contributed by atoms with Gasteiger partial charge in [0.2, 0.25) is 10.0 Å². The van der Waals surface area contributed by atoms with Crippen molar-refractivity contribution in [3.63, 3.8) is 0 Å². The van der Waals surface area contributed by atoms with Crippen molar-refractivity contribution < 1.29 is 31.1 Å². The Balaban J connectivity index is 1.82. The van der Waals surface area contributed by atoms with Gasteiger partial charge in [0.25, 0.3) is 0 Å². The van der Waals surface area contributed by atoms with Crippen LogP contribution in [0.5, 0.6) is 0 Å². The van der Waals surface area contributed by atoms with Crippen molar-refractivity contribution in [2.75, 3.05) is 6.61 Å². The number of rotatable bonds is 7. The summed E-state index contributed by atoms with van der Waals surface area (Å²) >= 11 is 0. The van der Waals surface area contributed by atoms with E-state index in [0.29, 0.717) is 17.0 Å². The fourth-order valence-corrected chi connectivity index (χ4v) is 5.86. The van der Waals surface area contributed by atoms with Crippen molar-refractivity contribution in [1.82, 2.24) is 9.78 Å². The lowest BCUT2D eigenvalue weighted by Gasteiger charge is -2.28. The number of benzene rings is 2. The van der Waals surface area contributed by atoms with Crippen LogP contribution in [-0.2, 0) is 20.9 Å². The summed E-state index contributed by atoms with van der Waals surface area (Å²) in [7, 11) is -4.49. The zero-order valence-electron chi connectivity index (χ0n) is 22.6. The second-order valence-electron chi connectivity index (χ2n) is 10.5. The molecule has 0 bridgehead atoms. The summed E-state index contributed by atoms with van der Waals surface area (Å²) in [5.74, 6) is -0.342. The number of allylic oxidation sites excluding steroid dienone is 1. The molecule has 4 rings (SSSR count). The molecule has 0 unspecified atom stereocenters. The number of halogens is 3. The summed E-state index contributed by atoms with van der Waals surface area (Å²) in [5, 5.41) is 9.22. The Morgan fingerprint density at radius 1 is 1.12 bits per heavy atom. The molecule has 0 saturated heterocycles. The maximum absolute atomic E-state index is 13.9. The predicted molar refractivity (Wildman–Crippen MR) is 145 cm³/mol. The quantitative estimate of drug-likeness (QED) is 0.261. The highest BCUT2D eigenvalue weighted by Gasteiger charge is 2.37. The van der Waals surface area contributed by atoms with Gasteiger partial charge in [-0.2, -0.15) is 18.3 Å². The van der Waals surface area contributed by atoms with E-state index in [1.807, 2.05) is 6.92 Å². The summed E-state index contributed by atoms with van der Waals surface area (Å²) in [5.41, 5.74) is 0.958. The van der Waals surface area contributed by atoms with Crippen LogP contribution in [0.2, 0.25) is 0 Å². The number of aryl methyl sites for hydroxylation is 2. The Morgan fingerprint density at radius 2 is 1.80 bits per heavy atom. The van der Waals surface area contributed by atoms with E-state index in [2.05, 4.69) is 11.7 Å². The van der Waals surface area contributed by atoms with Gasteiger partial charge in [-0.05, 0) is 88.1 Å². The van der Waals surface area contributed by atoms with Crippen molar-refractivity contribution in [1.29, 1.82) is 0 Å². The number of alkyl halides is 3. The maximum Gasteiger partial charge on any atom is 0.435 e. The van der Waals surface area contributed by atoms with E-state index >= 15 is 0 Å². The zero-order valence-corrected chi connectivity index (χ0v) is 23.4. The first-order valence-electron chi connectivity index (χ1n) is 12.9. The second-order valence-corrected chi connectivity index (χ2v) is 12.0. The molecule has 7 nitrogen and oxygen atoms in total. The number of sulfonamides is 1. The molecule has 0 amide bonds. The van der Waals surface area contributed by atoms with E-state index in [1.165, 1.54) is 12.1 Å². The number of carbonyl (C=O) groups excluding carboxylic acids is 1. The van der Waals surface area contributed by atoms with Gasteiger partial charge in [0, 0.05) is 5.56 Å². The first-order chi connectivity index (χ1) is 18.7. The summed E-state index contributed by atoms with van der Waals surface area (Å²) in [4.78, 5) is 12.8. The molecule has 0 atom stereocenters. The molecule has 11 heteroatoms. The minimum absolute atomic E-state index is 0.0446. The monoisotopic (exact) mass is 575 g/mol. The molecular weight excluding hydrogens is 543 g/mol. The summed E-state index contributed by atoms with van der Waals surface area (Å²) in [6.07, 6.45) is -1.32. The Labute approximate surface area is 231 Å². The van der Waals surface area contributed by atoms with Gasteiger partial charge in [0.1, 0.15) is 4.90 Å². The number of primary sulfonamides is 1. The van der Waals surface area contributed by atoms with Gasteiger partial charge in [-0.3, -0.25) is 0 Å². The first-order valence-corrected chi connectivity index (χ1v) is 14.4. The van der Waals surface area contributed by atoms with Gasteiger partial charge in [0.05, 0.1) is 23.6 Å². The predicted octanol–water partition coefficient (Wildman–Crippen LogP) is 6.36. The smallest absolute Gasteiger partial charge is 0.435 e. The summed E-state index contributed by atoms with van der Waals surface area (Å²) in [6, 6.07) is 9.75. The third kappa shape index (κ3) is 6.31. The molecule has 0 spiro atoms. The van der Waals surface area contributed by atoms with Gasteiger partial charge in [-0.15, -0.1) is 0 Å². The fourth-order valence-electron chi connectivity index (χ4n) is 5.12. The van der Waals surface area contributed by atoms with E-state index in [9.17, 15) is 26.4 Å². The standard InChI is InChI=1S/C29H32F3N3O4S/c1-17(2)21-12-10-20(11-13-21)16-39-28(36)22-6-5-7-25(40(33,37)38)27(22)35-24(15-26(34-35)29(30,31)32)23-14-18(3)8-9-19(23)4/h5-9,14-15,20-21H,1,10-13,16H2,2-4H3,(H2,33,37,38). The zero-order chi connectivity index (χ0) is 29.4. The lowest BCUT2D eigenvalue weighted by atomic mass is 9.79. The number of nitrogens with zero attached hydrogens (tertiary/aromatic N) is 2. The van der Waals surface area contributed by atoms with Gasteiger partial charge < -0.3 is 4.74 Å². The third-order valence-electron chi connectivity index (χ3n) is 7.40. The highest BCUT2D eigenvalue weighted by atomic mass is 32.2. The highest BCUT2D eigenvalue weighted by molar-refractivity contribution is 7.89. The molecule has 1 fully saturated rings. The molecular formula is C29H32F3N3O4S. The molecule has 0 radical (unpaired) electrons. The van der Waals surface area contributed by atoms with Crippen LogP contribution in [0.3, 0.4) is 0 Å². The van der Waals surface area contributed by atoms with Gasteiger partial charge in [-0.1, -0.05) is 35.9 Å². The Hall–Kier alpha value is -3.44. The molecule has 214 valence electrons. The minimum atomic E-state index is -4.84. The molecule has 1 aliphatic carbocycles. The minimum Gasteiger partial charge on any atom is -0.462 e. The highest BCUT2D eigenvalue weighted by Crippen LogP contribution is 2.37. The molecule has 0 aliphatic heterocycles. The SMILES string of the molecule is C=C(C)C1CCC(COC(=O)c2cccc(S(N)(=O)=O)c2-n2nc(C(F)(F)F)cc2-c2cc(C)ccc2C)CC1. The third-order valence-corrected chi connectivity index (χ3v) is 8.34. The normalized spacial score (nSPS) is 18.0. The number of aromatic nitrogens is 2. The Morgan fingerprint density at radius 3 is 2.40 bits per heavy atom. The Kier molecular flexibility index (Phi) is 8.28. The number of carbonyl (C=O) groups is 1. The van der Waals surface area contributed by atoms with Crippen molar-refractivity contribution in [3.8, 4) is 16.9 Å². The van der Waals surface area contributed by atoms with Crippen LogP contribution < -0.4 is 5.14 Å². The Bertz CT molecular complexity index is 1550.